The van der Waals surface area contributed by atoms with Gasteiger partial charge in [0.1, 0.15) is 0 Å². The molecule has 0 radical (unpaired) electrons. The van der Waals surface area contributed by atoms with Crippen LogP contribution in [0, 0.1) is 0 Å². The molecule has 3 rings (SSSR count). The van der Waals surface area contributed by atoms with Crippen LogP contribution in [0.4, 0.5) is 5.69 Å². The fraction of sp³-hybridized carbons (Fsp3) is 0.125. The molecule has 110 valence electrons. The van der Waals surface area contributed by atoms with Crippen LogP contribution in [0.5, 0.6) is 0 Å². The Kier molecular flexibility index (Phi) is 4.20. The number of aromatic nitrogens is 3. The molecule has 0 atom stereocenters. The fourth-order valence-electron chi connectivity index (χ4n) is 1.94. The van der Waals surface area contributed by atoms with Crippen LogP contribution in [0.1, 0.15) is 12.3 Å². The van der Waals surface area contributed by atoms with Crippen LogP contribution in [-0.2, 0) is 11.2 Å². The zero-order valence-corrected chi connectivity index (χ0v) is 11.8. The highest BCUT2D eigenvalue weighted by Gasteiger charge is 2.10. The number of carbonyl (C=O) groups is 1. The van der Waals surface area contributed by atoms with Gasteiger partial charge in [-0.3, -0.25) is 9.78 Å². The summed E-state index contributed by atoms with van der Waals surface area (Å²) in [5.41, 5.74) is 1.61. The van der Waals surface area contributed by atoms with E-state index in [2.05, 4.69) is 20.4 Å². The molecule has 2 heterocycles. The van der Waals surface area contributed by atoms with E-state index in [1.54, 1.807) is 24.5 Å². The minimum absolute atomic E-state index is 0.0881. The summed E-state index contributed by atoms with van der Waals surface area (Å²) in [4.78, 5) is 20.1. The number of anilines is 1. The van der Waals surface area contributed by atoms with Crippen molar-refractivity contribution in [2.45, 2.75) is 12.8 Å². The van der Waals surface area contributed by atoms with Gasteiger partial charge in [0.05, 0.1) is 0 Å². The molecule has 0 unspecified atom stereocenters. The van der Waals surface area contributed by atoms with Gasteiger partial charge in [0.25, 0.3) is 0 Å². The summed E-state index contributed by atoms with van der Waals surface area (Å²) >= 11 is 0. The summed E-state index contributed by atoms with van der Waals surface area (Å²) in [7, 11) is 0. The molecular weight excluding hydrogens is 280 g/mol. The minimum atomic E-state index is -0.0881. The van der Waals surface area contributed by atoms with E-state index in [4.69, 9.17) is 4.52 Å². The number of nitrogens with zero attached hydrogens (tertiary/aromatic N) is 3. The second kappa shape index (κ2) is 6.62. The Morgan fingerprint density at radius 3 is 2.64 bits per heavy atom. The third kappa shape index (κ3) is 3.54. The molecule has 1 amide bonds. The lowest BCUT2D eigenvalue weighted by molar-refractivity contribution is -0.116. The summed E-state index contributed by atoms with van der Waals surface area (Å²) in [5, 5.41) is 6.72. The predicted molar refractivity (Wildman–Crippen MR) is 80.9 cm³/mol. The molecule has 22 heavy (non-hydrogen) atoms. The van der Waals surface area contributed by atoms with Crippen LogP contribution in [0.15, 0.2) is 59.4 Å². The molecule has 0 fully saturated rings. The molecule has 0 bridgehead atoms. The van der Waals surface area contributed by atoms with Gasteiger partial charge in [-0.1, -0.05) is 23.4 Å². The topological polar surface area (TPSA) is 80.9 Å². The molecule has 0 saturated heterocycles. The van der Waals surface area contributed by atoms with Crippen molar-refractivity contribution < 1.29 is 9.32 Å². The van der Waals surface area contributed by atoms with Gasteiger partial charge in [0.15, 0.2) is 0 Å². The Bertz CT molecular complexity index is 741. The van der Waals surface area contributed by atoms with Gasteiger partial charge < -0.3 is 9.84 Å². The Morgan fingerprint density at radius 1 is 1.09 bits per heavy atom. The molecule has 0 aliphatic carbocycles. The van der Waals surface area contributed by atoms with E-state index in [0.717, 1.165) is 11.3 Å². The quantitative estimate of drug-likeness (QED) is 0.782. The van der Waals surface area contributed by atoms with E-state index in [1.807, 2.05) is 30.3 Å². The van der Waals surface area contributed by atoms with E-state index >= 15 is 0 Å². The summed E-state index contributed by atoms with van der Waals surface area (Å²) in [6, 6.07) is 12.9. The number of amides is 1. The Morgan fingerprint density at radius 2 is 1.86 bits per heavy atom. The molecule has 3 aromatic rings. The predicted octanol–water partition coefficient (Wildman–Crippen LogP) is 2.70. The normalized spacial score (nSPS) is 10.4. The highest BCUT2D eigenvalue weighted by atomic mass is 16.5. The monoisotopic (exact) mass is 294 g/mol. The second-order valence-electron chi connectivity index (χ2n) is 4.66. The average molecular weight is 294 g/mol. The Hall–Kier alpha value is -3.02. The van der Waals surface area contributed by atoms with Crippen LogP contribution in [0.3, 0.4) is 0 Å². The van der Waals surface area contributed by atoms with Crippen molar-refractivity contribution in [2.24, 2.45) is 0 Å². The molecule has 1 aromatic carbocycles. The zero-order valence-electron chi connectivity index (χ0n) is 11.8. The van der Waals surface area contributed by atoms with Gasteiger partial charge in [-0.15, -0.1) is 0 Å². The van der Waals surface area contributed by atoms with Crippen molar-refractivity contribution >= 4 is 11.6 Å². The Labute approximate surface area is 127 Å². The zero-order chi connectivity index (χ0) is 15.2. The summed E-state index contributed by atoms with van der Waals surface area (Å²) in [6.45, 7) is 0. The van der Waals surface area contributed by atoms with Gasteiger partial charge in [-0.05, 0) is 24.3 Å². The lowest BCUT2D eigenvalue weighted by Crippen LogP contribution is -2.12. The highest BCUT2D eigenvalue weighted by Crippen LogP contribution is 2.15. The smallest absolute Gasteiger partial charge is 0.227 e. The number of carbonyl (C=O) groups excluding carboxylic acids is 1. The first kappa shape index (κ1) is 13.9. The van der Waals surface area contributed by atoms with E-state index in [9.17, 15) is 4.79 Å². The summed E-state index contributed by atoms with van der Waals surface area (Å²) in [6.07, 6.45) is 4.01. The molecule has 0 spiro atoms. The molecule has 0 saturated carbocycles. The van der Waals surface area contributed by atoms with Crippen molar-refractivity contribution in [1.29, 1.82) is 0 Å². The van der Waals surface area contributed by atoms with Crippen molar-refractivity contribution in [1.82, 2.24) is 15.1 Å². The molecule has 0 aliphatic heterocycles. The molecule has 2 aromatic heterocycles. The molecule has 6 heteroatoms. The first-order valence-corrected chi connectivity index (χ1v) is 6.89. The minimum Gasteiger partial charge on any atom is -0.339 e. The number of aryl methyl sites for hydroxylation is 1. The van der Waals surface area contributed by atoms with Gasteiger partial charge in [0.2, 0.25) is 17.6 Å². The van der Waals surface area contributed by atoms with Crippen LogP contribution in [0.25, 0.3) is 11.4 Å². The van der Waals surface area contributed by atoms with Crippen molar-refractivity contribution in [3.8, 4) is 11.4 Å². The lowest BCUT2D eigenvalue weighted by atomic mass is 10.2. The standard InChI is InChI=1S/C16H14N4O2/c21-14(18-13-4-2-1-3-5-13)6-7-15-19-16(20-22-15)12-8-10-17-11-9-12/h1-5,8-11H,6-7H2,(H,18,21). The first-order chi connectivity index (χ1) is 10.8. The molecule has 6 nitrogen and oxygen atoms in total. The van der Waals surface area contributed by atoms with Gasteiger partial charge in [0, 0.05) is 36.5 Å². The number of rotatable bonds is 5. The third-order valence-electron chi connectivity index (χ3n) is 3.03. The van der Waals surface area contributed by atoms with Crippen LogP contribution < -0.4 is 5.32 Å². The Balaban J connectivity index is 1.56. The van der Waals surface area contributed by atoms with Crippen molar-refractivity contribution in [3.05, 3.63) is 60.7 Å². The summed E-state index contributed by atoms with van der Waals surface area (Å²) in [5.74, 6) is 0.853. The lowest BCUT2D eigenvalue weighted by Gasteiger charge is -2.02. The van der Waals surface area contributed by atoms with Crippen molar-refractivity contribution in [2.75, 3.05) is 5.32 Å². The van der Waals surface area contributed by atoms with Gasteiger partial charge >= 0.3 is 0 Å². The maximum atomic E-state index is 11.9. The highest BCUT2D eigenvalue weighted by molar-refractivity contribution is 5.90. The fourth-order valence-corrected chi connectivity index (χ4v) is 1.94. The summed E-state index contributed by atoms with van der Waals surface area (Å²) < 4.78 is 5.16. The second-order valence-corrected chi connectivity index (χ2v) is 4.66. The van der Waals surface area contributed by atoms with E-state index in [0.29, 0.717) is 18.1 Å². The van der Waals surface area contributed by atoms with Gasteiger partial charge in [-0.25, -0.2) is 0 Å². The molecular formula is C16H14N4O2. The first-order valence-electron chi connectivity index (χ1n) is 6.89. The molecule has 1 N–H and O–H groups in total. The van der Waals surface area contributed by atoms with Crippen LogP contribution in [0.2, 0.25) is 0 Å². The maximum Gasteiger partial charge on any atom is 0.227 e. The number of para-hydroxylation sites is 1. The SMILES string of the molecule is O=C(CCc1nc(-c2ccncc2)no1)Nc1ccccc1. The van der Waals surface area contributed by atoms with Crippen LogP contribution >= 0.6 is 0 Å². The van der Waals surface area contributed by atoms with Gasteiger partial charge in [-0.2, -0.15) is 4.98 Å². The number of hydrogen-bond acceptors (Lipinski definition) is 5. The van der Waals surface area contributed by atoms with Crippen LogP contribution in [-0.4, -0.2) is 21.0 Å². The van der Waals surface area contributed by atoms with E-state index in [1.165, 1.54) is 0 Å². The van der Waals surface area contributed by atoms with E-state index in [-0.39, 0.29) is 12.3 Å². The number of benzene rings is 1. The maximum absolute atomic E-state index is 11.9. The third-order valence-corrected chi connectivity index (χ3v) is 3.03. The average Bonchev–Trinajstić information content (AvgIpc) is 3.04. The molecule has 0 aliphatic rings. The van der Waals surface area contributed by atoms with E-state index < -0.39 is 0 Å². The number of nitrogens with one attached hydrogen (secondary N) is 1. The van der Waals surface area contributed by atoms with Crippen molar-refractivity contribution in [3.63, 3.8) is 0 Å². The number of pyridine rings is 1. The largest absolute Gasteiger partial charge is 0.339 e. The number of hydrogen-bond donors (Lipinski definition) is 1.